The predicted octanol–water partition coefficient (Wildman–Crippen LogP) is 1.91. The van der Waals surface area contributed by atoms with Crippen molar-refractivity contribution in [3.05, 3.63) is 29.3 Å². The first-order valence-electron chi connectivity index (χ1n) is 10.4. The SMILES string of the molecule is Cc1ccc(CN2CCN(C(=O)ON3C(=O)CCC3=O)CC2)c(N2CCCC2)c1. The molecule has 0 bridgehead atoms. The molecule has 0 aliphatic carbocycles. The Kier molecular flexibility index (Phi) is 5.71. The highest BCUT2D eigenvalue weighted by Gasteiger charge is 2.35. The second-order valence-electron chi connectivity index (χ2n) is 8.03. The van der Waals surface area contributed by atoms with Crippen LogP contribution >= 0.6 is 0 Å². The lowest BCUT2D eigenvalue weighted by Gasteiger charge is -2.35. The van der Waals surface area contributed by atoms with Gasteiger partial charge < -0.3 is 14.6 Å². The normalized spacial score (nSPS) is 20.7. The van der Waals surface area contributed by atoms with Gasteiger partial charge in [-0.3, -0.25) is 14.5 Å². The number of hydrogen-bond acceptors (Lipinski definition) is 6. The van der Waals surface area contributed by atoms with Crippen molar-refractivity contribution < 1.29 is 19.2 Å². The van der Waals surface area contributed by atoms with E-state index in [9.17, 15) is 14.4 Å². The maximum absolute atomic E-state index is 12.3. The fraction of sp³-hybridized carbons (Fsp3) is 0.571. The van der Waals surface area contributed by atoms with Crippen LogP contribution < -0.4 is 4.90 Å². The lowest BCUT2D eigenvalue weighted by Crippen LogP contribution is -2.50. The molecule has 0 radical (unpaired) electrons. The van der Waals surface area contributed by atoms with Gasteiger partial charge in [-0.1, -0.05) is 12.1 Å². The summed E-state index contributed by atoms with van der Waals surface area (Å²) >= 11 is 0. The van der Waals surface area contributed by atoms with E-state index < -0.39 is 17.9 Å². The maximum Gasteiger partial charge on any atom is 0.434 e. The number of hydroxylamine groups is 2. The molecule has 1 aromatic rings. The number of benzene rings is 1. The largest absolute Gasteiger partial charge is 0.434 e. The molecule has 0 saturated carbocycles. The van der Waals surface area contributed by atoms with Gasteiger partial charge in [0.25, 0.3) is 11.8 Å². The second-order valence-corrected chi connectivity index (χ2v) is 8.03. The van der Waals surface area contributed by atoms with Crippen LogP contribution in [0.15, 0.2) is 18.2 Å². The first-order valence-corrected chi connectivity index (χ1v) is 10.4. The van der Waals surface area contributed by atoms with Crippen LogP contribution in [0.1, 0.15) is 36.8 Å². The van der Waals surface area contributed by atoms with E-state index in [4.69, 9.17) is 4.84 Å². The van der Waals surface area contributed by atoms with E-state index in [2.05, 4.69) is 34.9 Å². The smallest absolute Gasteiger partial charge is 0.371 e. The summed E-state index contributed by atoms with van der Waals surface area (Å²) in [7, 11) is 0. The first-order chi connectivity index (χ1) is 14.0. The Hall–Kier alpha value is -2.61. The Morgan fingerprint density at radius 2 is 1.62 bits per heavy atom. The van der Waals surface area contributed by atoms with Crippen LogP contribution in [0, 0.1) is 6.92 Å². The molecular weight excluding hydrogens is 372 g/mol. The average Bonchev–Trinajstić information content (AvgIpc) is 3.36. The fourth-order valence-electron chi connectivity index (χ4n) is 4.18. The van der Waals surface area contributed by atoms with Crippen molar-refractivity contribution in [3.8, 4) is 0 Å². The van der Waals surface area contributed by atoms with Crippen LogP contribution in [0.4, 0.5) is 10.5 Å². The molecule has 3 saturated heterocycles. The molecule has 156 valence electrons. The Bertz CT molecular complexity index is 782. The topological polar surface area (TPSA) is 73.4 Å². The van der Waals surface area contributed by atoms with Crippen molar-refractivity contribution in [3.63, 3.8) is 0 Å². The molecule has 1 aromatic carbocycles. The summed E-state index contributed by atoms with van der Waals surface area (Å²) in [4.78, 5) is 46.9. The van der Waals surface area contributed by atoms with Crippen molar-refractivity contribution in [1.29, 1.82) is 0 Å². The standard InChI is InChI=1S/C21H28N4O4/c1-16-4-5-17(18(14-16)23-8-2-3-9-23)15-22-10-12-24(13-11-22)21(28)29-25-19(26)6-7-20(25)27/h4-5,14H,2-3,6-13,15H2,1H3. The number of piperazine rings is 1. The number of hydrogen-bond donors (Lipinski definition) is 0. The number of aryl methyl sites for hydroxylation is 1. The number of imide groups is 1. The van der Waals surface area contributed by atoms with E-state index in [0.29, 0.717) is 18.2 Å². The Labute approximate surface area is 170 Å². The zero-order chi connectivity index (χ0) is 20.4. The van der Waals surface area contributed by atoms with Gasteiger partial charge in [0.1, 0.15) is 0 Å². The van der Waals surface area contributed by atoms with E-state index in [0.717, 1.165) is 32.7 Å². The van der Waals surface area contributed by atoms with Gasteiger partial charge in [-0.05, 0) is 37.0 Å². The molecule has 8 nitrogen and oxygen atoms in total. The maximum atomic E-state index is 12.3. The summed E-state index contributed by atoms with van der Waals surface area (Å²) < 4.78 is 0. The van der Waals surface area contributed by atoms with Crippen molar-refractivity contribution >= 4 is 23.6 Å². The summed E-state index contributed by atoms with van der Waals surface area (Å²) in [6, 6.07) is 6.65. The molecule has 4 rings (SSSR count). The number of carbonyl (C=O) groups is 3. The van der Waals surface area contributed by atoms with Crippen molar-refractivity contribution in [2.24, 2.45) is 0 Å². The van der Waals surface area contributed by atoms with Gasteiger partial charge in [-0.2, -0.15) is 0 Å². The highest BCUT2D eigenvalue weighted by molar-refractivity contribution is 6.01. The molecule has 0 unspecified atom stereocenters. The summed E-state index contributed by atoms with van der Waals surface area (Å²) in [5.41, 5.74) is 3.92. The molecule has 3 fully saturated rings. The van der Waals surface area contributed by atoms with Gasteiger partial charge in [-0.15, -0.1) is 5.06 Å². The van der Waals surface area contributed by atoms with Gasteiger partial charge in [0, 0.05) is 64.3 Å². The average molecular weight is 400 g/mol. The Morgan fingerprint density at radius 1 is 0.966 bits per heavy atom. The van der Waals surface area contributed by atoms with Crippen LogP contribution in [0.5, 0.6) is 0 Å². The molecule has 29 heavy (non-hydrogen) atoms. The lowest BCUT2D eigenvalue weighted by atomic mass is 10.1. The molecule has 0 aromatic heterocycles. The van der Waals surface area contributed by atoms with E-state index in [1.807, 2.05) is 0 Å². The molecule has 0 N–H and O–H groups in total. The Morgan fingerprint density at radius 3 is 2.28 bits per heavy atom. The summed E-state index contributed by atoms with van der Waals surface area (Å²) in [6.45, 7) is 7.68. The van der Waals surface area contributed by atoms with Gasteiger partial charge in [0.15, 0.2) is 0 Å². The van der Waals surface area contributed by atoms with E-state index in [1.54, 1.807) is 4.90 Å². The van der Waals surface area contributed by atoms with Crippen LogP contribution in [0.2, 0.25) is 0 Å². The summed E-state index contributed by atoms with van der Waals surface area (Å²) in [6.07, 6.45) is 2.08. The minimum Gasteiger partial charge on any atom is -0.371 e. The third-order valence-electron chi connectivity index (χ3n) is 5.89. The van der Waals surface area contributed by atoms with Crippen molar-refractivity contribution in [1.82, 2.24) is 14.9 Å². The number of anilines is 1. The molecule has 0 spiro atoms. The second kappa shape index (κ2) is 8.41. The molecule has 8 heteroatoms. The quantitative estimate of drug-likeness (QED) is 0.719. The summed E-state index contributed by atoms with van der Waals surface area (Å²) in [5, 5.41) is 0.614. The van der Waals surface area contributed by atoms with E-state index >= 15 is 0 Å². The van der Waals surface area contributed by atoms with Gasteiger partial charge in [-0.25, -0.2) is 4.79 Å². The highest BCUT2D eigenvalue weighted by Crippen LogP contribution is 2.27. The number of carbonyl (C=O) groups excluding carboxylic acids is 3. The minimum absolute atomic E-state index is 0.107. The zero-order valence-electron chi connectivity index (χ0n) is 16.9. The number of amides is 3. The van der Waals surface area contributed by atoms with E-state index in [-0.39, 0.29) is 12.8 Å². The van der Waals surface area contributed by atoms with Crippen molar-refractivity contribution in [2.45, 2.75) is 39.2 Å². The van der Waals surface area contributed by atoms with Crippen LogP contribution in [0.25, 0.3) is 0 Å². The molecular formula is C21H28N4O4. The third-order valence-corrected chi connectivity index (χ3v) is 5.89. The molecule has 3 aliphatic heterocycles. The Balaban J connectivity index is 1.33. The number of nitrogens with zero attached hydrogens (tertiary/aromatic N) is 4. The number of rotatable bonds is 4. The fourth-order valence-corrected chi connectivity index (χ4v) is 4.18. The van der Waals surface area contributed by atoms with Crippen LogP contribution in [-0.2, 0) is 21.0 Å². The zero-order valence-corrected chi connectivity index (χ0v) is 16.9. The van der Waals surface area contributed by atoms with Crippen molar-refractivity contribution in [2.75, 3.05) is 44.2 Å². The third kappa shape index (κ3) is 4.37. The van der Waals surface area contributed by atoms with E-state index in [1.165, 1.54) is 29.7 Å². The molecule has 3 amide bonds. The minimum atomic E-state index is -0.624. The monoisotopic (exact) mass is 400 g/mol. The highest BCUT2D eigenvalue weighted by atomic mass is 16.7. The van der Waals surface area contributed by atoms with Gasteiger partial charge in [0.2, 0.25) is 0 Å². The van der Waals surface area contributed by atoms with Crippen LogP contribution in [-0.4, -0.2) is 72.0 Å². The first kappa shape index (κ1) is 19.7. The van der Waals surface area contributed by atoms with Gasteiger partial charge >= 0.3 is 6.09 Å². The summed E-state index contributed by atoms with van der Waals surface area (Å²) in [5.74, 6) is -0.897. The lowest BCUT2D eigenvalue weighted by molar-refractivity contribution is -0.174. The van der Waals surface area contributed by atoms with Gasteiger partial charge in [0.05, 0.1) is 0 Å². The predicted molar refractivity (Wildman–Crippen MR) is 107 cm³/mol. The molecule has 3 heterocycles. The van der Waals surface area contributed by atoms with Crippen LogP contribution in [0.3, 0.4) is 0 Å². The molecule has 3 aliphatic rings. The molecule has 0 atom stereocenters.